The van der Waals surface area contributed by atoms with Crippen LogP contribution in [0.5, 0.6) is 0 Å². The van der Waals surface area contributed by atoms with Crippen molar-refractivity contribution in [3.63, 3.8) is 0 Å². The molecule has 64 valence electrons. The van der Waals surface area contributed by atoms with Crippen LogP contribution in [0.3, 0.4) is 0 Å². The van der Waals surface area contributed by atoms with E-state index in [1.165, 1.54) is 0 Å². The van der Waals surface area contributed by atoms with Crippen molar-refractivity contribution >= 4 is 11.8 Å². The molecule has 2 atom stereocenters. The van der Waals surface area contributed by atoms with Crippen molar-refractivity contribution in [2.45, 2.75) is 12.8 Å². The highest BCUT2D eigenvalue weighted by Gasteiger charge is 2.37. The quantitative estimate of drug-likeness (QED) is 0.487. The van der Waals surface area contributed by atoms with Crippen LogP contribution in [-0.4, -0.2) is 11.8 Å². The summed E-state index contributed by atoms with van der Waals surface area (Å²) in [5.41, 5.74) is 4.72. The van der Waals surface area contributed by atoms with Gasteiger partial charge in [0.2, 0.25) is 11.8 Å². The minimum Gasteiger partial charge on any atom is -0.273 e. The average molecular weight is 166 g/mol. The van der Waals surface area contributed by atoms with E-state index in [1.807, 2.05) is 12.2 Å². The van der Waals surface area contributed by atoms with Gasteiger partial charge in [-0.2, -0.15) is 0 Å². The molecule has 2 amide bonds. The van der Waals surface area contributed by atoms with Gasteiger partial charge in [0.25, 0.3) is 0 Å². The van der Waals surface area contributed by atoms with Crippen LogP contribution in [0.25, 0.3) is 0 Å². The third-order valence-electron chi connectivity index (χ3n) is 2.41. The summed E-state index contributed by atoms with van der Waals surface area (Å²) in [5.74, 6) is -0.430. The molecule has 0 radical (unpaired) electrons. The Kier molecular flexibility index (Phi) is 1.60. The molecule has 2 aliphatic rings. The highest BCUT2D eigenvalue weighted by atomic mass is 16.2. The second kappa shape index (κ2) is 2.62. The summed E-state index contributed by atoms with van der Waals surface area (Å²) in [4.78, 5) is 22.4. The Hall–Kier alpha value is -1.32. The van der Waals surface area contributed by atoms with E-state index in [-0.39, 0.29) is 23.7 Å². The number of carbonyl (C=O) groups is 2. The smallest absolute Gasteiger partial charge is 0.242 e. The molecule has 4 heteroatoms. The zero-order valence-corrected chi connectivity index (χ0v) is 6.54. The van der Waals surface area contributed by atoms with Gasteiger partial charge >= 0.3 is 0 Å². The molecule has 0 aromatic heterocycles. The van der Waals surface area contributed by atoms with E-state index in [2.05, 4.69) is 10.9 Å². The Morgan fingerprint density at radius 3 is 1.83 bits per heavy atom. The molecular formula is C8H10N2O2. The maximum atomic E-state index is 11.2. The van der Waals surface area contributed by atoms with Gasteiger partial charge in [-0.3, -0.25) is 20.4 Å². The first-order chi connectivity index (χ1) is 5.79. The van der Waals surface area contributed by atoms with Gasteiger partial charge in [-0.15, -0.1) is 0 Å². The summed E-state index contributed by atoms with van der Waals surface area (Å²) in [6.07, 6.45) is 5.28. The maximum absolute atomic E-state index is 11.2. The fourth-order valence-corrected chi connectivity index (χ4v) is 1.70. The lowest BCUT2D eigenvalue weighted by Crippen LogP contribution is -2.56. The van der Waals surface area contributed by atoms with Gasteiger partial charge in [-0.1, -0.05) is 12.2 Å². The molecule has 1 heterocycles. The number of allylic oxidation sites excluding steroid dienone is 2. The van der Waals surface area contributed by atoms with E-state index in [1.54, 1.807) is 0 Å². The van der Waals surface area contributed by atoms with E-state index in [0.29, 0.717) is 12.8 Å². The van der Waals surface area contributed by atoms with E-state index >= 15 is 0 Å². The summed E-state index contributed by atoms with van der Waals surface area (Å²) in [5, 5.41) is 0. The molecule has 0 aromatic carbocycles. The number of hydrazine groups is 1. The Labute approximate surface area is 70.0 Å². The van der Waals surface area contributed by atoms with Gasteiger partial charge in [-0.25, -0.2) is 0 Å². The van der Waals surface area contributed by atoms with Crippen LogP contribution in [0, 0.1) is 11.8 Å². The molecule has 1 fully saturated rings. The SMILES string of the molecule is O=C1NNC(=O)[C@@H]2CC=CC[C@H]12. The number of nitrogens with one attached hydrogen (secondary N) is 2. The number of fused-ring (bicyclic) bond motifs is 1. The summed E-state index contributed by atoms with van der Waals surface area (Å²) in [7, 11) is 0. The van der Waals surface area contributed by atoms with Crippen LogP contribution in [0.15, 0.2) is 12.2 Å². The molecule has 0 bridgehead atoms. The molecule has 2 N–H and O–H groups in total. The maximum Gasteiger partial charge on any atom is 0.242 e. The lowest BCUT2D eigenvalue weighted by atomic mass is 9.81. The number of carbonyl (C=O) groups excluding carboxylic acids is 2. The van der Waals surface area contributed by atoms with E-state index in [9.17, 15) is 9.59 Å². The highest BCUT2D eigenvalue weighted by Crippen LogP contribution is 2.27. The van der Waals surface area contributed by atoms with Crippen LogP contribution < -0.4 is 10.9 Å². The van der Waals surface area contributed by atoms with Gasteiger partial charge in [0.05, 0.1) is 11.8 Å². The van der Waals surface area contributed by atoms with Gasteiger partial charge in [0.15, 0.2) is 0 Å². The monoisotopic (exact) mass is 166 g/mol. The molecular weight excluding hydrogens is 156 g/mol. The summed E-state index contributed by atoms with van der Waals surface area (Å²) in [6, 6.07) is 0. The Morgan fingerprint density at radius 1 is 1.00 bits per heavy atom. The fourth-order valence-electron chi connectivity index (χ4n) is 1.70. The van der Waals surface area contributed by atoms with E-state index < -0.39 is 0 Å². The Morgan fingerprint density at radius 2 is 1.42 bits per heavy atom. The van der Waals surface area contributed by atoms with Crippen LogP contribution in [0.2, 0.25) is 0 Å². The molecule has 0 spiro atoms. The molecule has 1 saturated heterocycles. The van der Waals surface area contributed by atoms with Gasteiger partial charge < -0.3 is 0 Å². The lowest BCUT2D eigenvalue weighted by molar-refractivity contribution is -0.143. The van der Waals surface area contributed by atoms with Crippen LogP contribution in [0.1, 0.15) is 12.8 Å². The zero-order chi connectivity index (χ0) is 8.55. The van der Waals surface area contributed by atoms with Gasteiger partial charge in [0.1, 0.15) is 0 Å². The van der Waals surface area contributed by atoms with Gasteiger partial charge in [-0.05, 0) is 12.8 Å². The molecule has 0 saturated carbocycles. The molecule has 12 heavy (non-hydrogen) atoms. The van der Waals surface area contributed by atoms with Crippen molar-refractivity contribution < 1.29 is 9.59 Å². The first-order valence-corrected chi connectivity index (χ1v) is 4.04. The van der Waals surface area contributed by atoms with E-state index in [0.717, 1.165) is 0 Å². The van der Waals surface area contributed by atoms with Gasteiger partial charge in [0, 0.05) is 0 Å². The topological polar surface area (TPSA) is 58.2 Å². The first-order valence-electron chi connectivity index (χ1n) is 4.04. The van der Waals surface area contributed by atoms with E-state index in [4.69, 9.17) is 0 Å². The predicted molar refractivity (Wildman–Crippen MR) is 41.6 cm³/mol. The summed E-state index contributed by atoms with van der Waals surface area (Å²) < 4.78 is 0. The third kappa shape index (κ3) is 0.995. The standard InChI is InChI=1S/C8H10N2O2/c11-7-5-3-1-2-4-6(5)8(12)10-9-7/h1-2,5-6H,3-4H2,(H,9,11)(H,10,12)/t5-,6+. The Balaban J connectivity index is 2.23. The third-order valence-corrected chi connectivity index (χ3v) is 2.41. The zero-order valence-electron chi connectivity index (χ0n) is 6.54. The van der Waals surface area contributed by atoms with Crippen molar-refractivity contribution in [1.29, 1.82) is 0 Å². The minimum absolute atomic E-state index is 0.0658. The Bertz CT molecular complexity index is 234. The summed E-state index contributed by atoms with van der Waals surface area (Å²) >= 11 is 0. The molecule has 4 nitrogen and oxygen atoms in total. The predicted octanol–water partition coefficient (Wildman–Crippen LogP) is -0.270. The molecule has 0 aromatic rings. The number of hydrogen-bond acceptors (Lipinski definition) is 2. The van der Waals surface area contributed by atoms with Crippen molar-refractivity contribution in [1.82, 2.24) is 10.9 Å². The largest absolute Gasteiger partial charge is 0.273 e. The minimum atomic E-state index is -0.149. The first kappa shape index (κ1) is 7.34. The summed E-state index contributed by atoms with van der Waals surface area (Å²) in [6.45, 7) is 0. The number of rotatable bonds is 0. The number of hydrogen-bond donors (Lipinski definition) is 2. The normalized spacial score (nSPS) is 33.7. The van der Waals surface area contributed by atoms with Crippen LogP contribution >= 0.6 is 0 Å². The highest BCUT2D eigenvalue weighted by molar-refractivity contribution is 5.93. The van der Waals surface area contributed by atoms with Crippen LogP contribution in [0.4, 0.5) is 0 Å². The fraction of sp³-hybridized carbons (Fsp3) is 0.500. The second-order valence-electron chi connectivity index (χ2n) is 3.13. The van der Waals surface area contributed by atoms with Crippen molar-refractivity contribution in [3.8, 4) is 0 Å². The van der Waals surface area contributed by atoms with Crippen molar-refractivity contribution in [2.75, 3.05) is 0 Å². The lowest BCUT2D eigenvalue weighted by Gasteiger charge is -2.31. The van der Waals surface area contributed by atoms with Crippen molar-refractivity contribution in [3.05, 3.63) is 12.2 Å². The van der Waals surface area contributed by atoms with Crippen molar-refractivity contribution in [2.24, 2.45) is 11.8 Å². The number of amides is 2. The molecule has 1 aliphatic carbocycles. The average Bonchev–Trinajstić information content (AvgIpc) is 2.12. The van der Waals surface area contributed by atoms with Crippen LogP contribution in [-0.2, 0) is 9.59 Å². The second-order valence-corrected chi connectivity index (χ2v) is 3.13. The molecule has 1 aliphatic heterocycles. The molecule has 2 rings (SSSR count). The molecule has 0 unspecified atom stereocenters.